The summed E-state index contributed by atoms with van der Waals surface area (Å²) >= 11 is 0. The standard InChI is InChI=1S/C68H127N2O7P/c1-7-10-13-16-19-22-25-28-30-31-32-33-34-35-36-37-38-39-40-42-45-48-51-54-57-60-67(71)69-65(64-76-78(73,74)75-63-62-70(4,5)6)66(59-56-53-50-47-44-41-27-24-21-18-15-12-9-3)77-68(72)61-58-55-52-49-46-43-29-26-23-20-17-14-11-8-2/h19,22,28,30,32-33,43,46,56,59,65-66H,7-18,20-21,23-27,29,31,34-42,44-45,47-55,57-58,60-64H2,1-6H3,(H-,69,71,73,74)/p+1/b22-19-,30-28-,33-32-,46-43-,59-56-. The van der Waals surface area contributed by atoms with Gasteiger partial charge in [-0.15, -0.1) is 0 Å². The smallest absolute Gasteiger partial charge is 0.456 e. The van der Waals surface area contributed by atoms with Crippen LogP contribution in [0.1, 0.15) is 310 Å². The molecule has 0 saturated heterocycles. The second-order valence-electron chi connectivity index (χ2n) is 23.6. The maximum Gasteiger partial charge on any atom is 0.472 e. The lowest BCUT2D eigenvalue weighted by molar-refractivity contribution is -0.870. The van der Waals surface area contributed by atoms with Gasteiger partial charge < -0.3 is 19.4 Å². The molecule has 0 aromatic carbocycles. The SMILES string of the molecule is CCCCC/C=C\C/C=C\C/C=C\CCCCCCCCCCCCCCC(=O)NC(COP(=O)(O)OCC[N+](C)(C)C)C(/C=C\CCCCCCCCCCCCC)OC(=O)CCCCC/C=C\CCCCCCCCC. The fourth-order valence-corrected chi connectivity index (χ4v) is 10.3. The predicted octanol–water partition coefficient (Wildman–Crippen LogP) is 20.6. The number of ether oxygens (including phenoxy) is 1. The number of quaternary nitrogens is 1. The van der Waals surface area contributed by atoms with Crippen LogP contribution in [0.4, 0.5) is 0 Å². The Bertz CT molecular complexity index is 1520. The highest BCUT2D eigenvalue weighted by Gasteiger charge is 2.30. The van der Waals surface area contributed by atoms with E-state index in [1.807, 2.05) is 33.3 Å². The van der Waals surface area contributed by atoms with Gasteiger partial charge in [0, 0.05) is 12.8 Å². The van der Waals surface area contributed by atoms with Gasteiger partial charge in [0.2, 0.25) is 5.91 Å². The molecule has 0 fully saturated rings. The topological polar surface area (TPSA) is 111 Å². The predicted molar refractivity (Wildman–Crippen MR) is 337 cm³/mol. The Labute approximate surface area is 483 Å². The van der Waals surface area contributed by atoms with Crippen LogP contribution in [0.5, 0.6) is 0 Å². The van der Waals surface area contributed by atoms with Crippen LogP contribution in [0.15, 0.2) is 60.8 Å². The highest BCUT2D eigenvalue weighted by Crippen LogP contribution is 2.43. The number of phosphoric acid groups is 1. The van der Waals surface area contributed by atoms with Crippen molar-refractivity contribution in [3.8, 4) is 0 Å². The molecule has 0 spiro atoms. The Balaban J connectivity index is 5.13. The number of hydrogen-bond donors (Lipinski definition) is 2. The van der Waals surface area contributed by atoms with Crippen LogP contribution in [0.3, 0.4) is 0 Å². The molecule has 0 aliphatic rings. The Kier molecular flexibility index (Phi) is 56.2. The first-order valence-electron chi connectivity index (χ1n) is 33.1. The van der Waals surface area contributed by atoms with Crippen LogP contribution >= 0.6 is 7.82 Å². The quantitative estimate of drug-likeness (QED) is 0.0205. The lowest BCUT2D eigenvalue weighted by atomic mass is 10.0. The van der Waals surface area contributed by atoms with Gasteiger partial charge in [-0.05, 0) is 96.0 Å². The molecule has 3 unspecified atom stereocenters. The summed E-state index contributed by atoms with van der Waals surface area (Å²) < 4.78 is 30.7. The van der Waals surface area contributed by atoms with E-state index in [4.69, 9.17) is 13.8 Å². The second-order valence-corrected chi connectivity index (χ2v) is 25.1. The molecule has 0 aliphatic carbocycles. The summed E-state index contributed by atoms with van der Waals surface area (Å²) in [5, 5.41) is 3.06. The fraction of sp³-hybridized carbons (Fsp3) is 0.824. The largest absolute Gasteiger partial charge is 0.472 e. The molecular formula is C68H128N2O7P+. The van der Waals surface area contributed by atoms with Gasteiger partial charge in [-0.3, -0.25) is 18.6 Å². The third kappa shape index (κ3) is 58.4. The summed E-state index contributed by atoms with van der Waals surface area (Å²) in [6.45, 7) is 7.00. The van der Waals surface area contributed by atoms with Crippen LogP contribution in [-0.2, 0) is 27.9 Å². The third-order valence-corrected chi connectivity index (χ3v) is 15.7. The zero-order chi connectivity index (χ0) is 57.2. The van der Waals surface area contributed by atoms with E-state index in [1.54, 1.807) is 0 Å². The average Bonchev–Trinajstić information content (AvgIpc) is 3.40. The molecule has 2 N–H and O–H groups in total. The van der Waals surface area contributed by atoms with E-state index in [1.165, 1.54) is 193 Å². The molecule has 0 saturated carbocycles. The first-order chi connectivity index (χ1) is 37.9. The van der Waals surface area contributed by atoms with Crippen molar-refractivity contribution in [2.24, 2.45) is 0 Å². The van der Waals surface area contributed by atoms with Crippen LogP contribution in [0.25, 0.3) is 0 Å². The van der Waals surface area contributed by atoms with E-state index in [9.17, 15) is 19.0 Å². The Morgan fingerprint density at radius 2 is 0.782 bits per heavy atom. The number of nitrogens with zero attached hydrogens (tertiary/aromatic N) is 1. The number of likely N-dealkylation sites (N-methyl/N-ethyl adjacent to an activating group) is 1. The van der Waals surface area contributed by atoms with E-state index in [2.05, 4.69) is 74.7 Å². The third-order valence-electron chi connectivity index (χ3n) is 14.7. The maximum absolute atomic E-state index is 13.6. The number of hydrogen-bond acceptors (Lipinski definition) is 6. The second kappa shape index (κ2) is 57.9. The van der Waals surface area contributed by atoms with Gasteiger partial charge in [0.25, 0.3) is 0 Å². The number of allylic oxidation sites excluding steroid dienone is 9. The Hall–Kier alpha value is -2.29. The van der Waals surface area contributed by atoms with Gasteiger partial charge in [0.15, 0.2) is 0 Å². The van der Waals surface area contributed by atoms with Crippen molar-refractivity contribution in [1.82, 2.24) is 5.32 Å². The lowest BCUT2D eigenvalue weighted by Gasteiger charge is -2.27. The Morgan fingerprint density at radius 3 is 1.22 bits per heavy atom. The molecular weight excluding hydrogens is 988 g/mol. The molecule has 3 atom stereocenters. The van der Waals surface area contributed by atoms with Crippen LogP contribution in [-0.4, -0.2) is 74.3 Å². The minimum atomic E-state index is -4.45. The van der Waals surface area contributed by atoms with Crippen molar-refractivity contribution in [1.29, 1.82) is 0 Å². The molecule has 0 heterocycles. The summed E-state index contributed by atoms with van der Waals surface area (Å²) in [6, 6.07) is -0.856. The number of unbranched alkanes of at least 4 members (excludes halogenated alkanes) is 36. The number of phosphoric ester groups is 1. The molecule has 0 aromatic rings. The van der Waals surface area contributed by atoms with Gasteiger partial charge >= 0.3 is 13.8 Å². The molecule has 0 bridgehead atoms. The maximum atomic E-state index is 13.6. The van der Waals surface area contributed by atoms with Gasteiger partial charge in [-0.2, -0.15) is 0 Å². The number of rotatable bonds is 60. The number of amides is 1. The first kappa shape index (κ1) is 75.7. The summed E-state index contributed by atoms with van der Waals surface area (Å²) in [6.07, 6.45) is 73.6. The molecule has 10 heteroatoms. The summed E-state index contributed by atoms with van der Waals surface area (Å²) in [4.78, 5) is 37.8. The van der Waals surface area contributed by atoms with Crippen molar-refractivity contribution in [2.75, 3.05) is 40.9 Å². The van der Waals surface area contributed by atoms with Crippen molar-refractivity contribution >= 4 is 19.7 Å². The van der Waals surface area contributed by atoms with Crippen LogP contribution in [0, 0.1) is 0 Å². The van der Waals surface area contributed by atoms with Gasteiger partial charge in [0.1, 0.15) is 19.3 Å². The Morgan fingerprint density at radius 1 is 0.449 bits per heavy atom. The van der Waals surface area contributed by atoms with Crippen LogP contribution in [0.2, 0.25) is 0 Å². The minimum absolute atomic E-state index is 0.0374. The van der Waals surface area contributed by atoms with Crippen molar-refractivity contribution in [3.63, 3.8) is 0 Å². The normalized spacial score (nSPS) is 14.0. The molecule has 0 radical (unpaired) electrons. The van der Waals surface area contributed by atoms with Gasteiger partial charge in [-0.25, -0.2) is 4.57 Å². The summed E-state index contributed by atoms with van der Waals surface area (Å²) in [5.74, 6) is -0.517. The highest BCUT2D eigenvalue weighted by molar-refractivity contribution is 7.47. The number of carbonyl (C=O) groups is 2. The molecule has 0 aliphatic heterocycles. The fourth-order valence-electron chi connectivity index (χ4n) is 9.53. The average molecular weight is 1120 g/mol. The van der Waals surface area contributed by atoms with E-state index < -0.39 is 20.0 Å². The van der Waals surface area contributed by atoms with Crippen LogP contribution < -0.4 is 5.32 Å². The number of carbonyl (C=O) groups excluding carboxylic acids is 2. The highest BCUT2D eigenvalue weighted by atomic mass is 31.2. The van der Waals surface area contributed by atoms with E-state index in [0.717, 1.165) is 77.0 Å². The molecule has 78 heavy (non-hydrogen) atoms. The summed E-state index contributed by atoms with van der Waals surface area (Å²) in [7, 11) is 1.49. The van der Waals surface area contributed by atoms with Gasteiger partial charge in [-0.1, -0.05) is 262 Å². The molecule has 0 rings (SSSR count). The van der Waals surface area contributed by atoms with Gasteiger partial charge in [0.05, 0.1) is 33.8 Å². The lowest BCUT2D eigenvalue weighted by Crippen LogP contribution is -2.47. The van der Waals surface area contributed by atoms with Crippen molar-refractivity contribution in [2.45, 2.75) is 322 Å². The first-order valence-corrected chi connectivity index (χ1v) is 34.6. The number of esters is 1. The zero-order valence-corrected chi connectivity index (χ0v) is 53.1. The number of nitrogens with one attached hydrogen (secondary N) is 1. The van der Waals surface area contributed by atoms with E-state index in [0.29, 0.717) is 23.9 Å². The molecule has 1 amide bonds. The monoisotopic (exact) mass is 1120 g/mol. The van der Waals surface area contributed by atoms with Crippen molar-refractivity contribution in [3.05, 3.63) is 60.8 Å². The molecule has 9 nitrogen and oxygen atoms in total. The molecule has 0 aromatic heterocycles. The summed E-state index contributed by atoms with van der Waals surface area (Å²) in [5.41, 5.74) is 0. The zero-order valence-electron chi connectivity index (χ0n) is 52.2. The van der Waals surface area contributed by atoms with Crippen molar-refractivity contribution < 1.29 is 37.3 Å². The molecule has 456 valence electrons. The minimum Gasteiger partial charge on any atom is -0.456 e. The van der Waals surface area contributed by atoms with E-state index >= 15 is 0 Å². The van der Waals surface area contributed by atoms with E-state index in [-0.39, 0.29) is 31.5 Å².